The first-order valence-corrected chi connectivity index (χ1v) is 6.99. The fourth-order valence-electron chi connectivity index (χ4n) is 2.32. The predicted octanol–water partition coefficient (Wildman–Crippen LogP) is 0.915. The first kappa shape index (κ1) is 16.2. The van der Waals surface area contributed by atoms with Gasteiger partial charge in [0, 0.05) is 38.2 Å². The molecule has 0 aromatic heterocycles. The van der Waals surface area contributed by atoms with E-state index in [1.54, 1.807) is 7.11 Å². The maximum Gasteiger partial charge on any atom is 0.191 e. The number of aliphatic imine (C=N–C) groups is 1. The summed E-state index contributed by atoms with van der Waals surface area (Å²) in [7, 11) is 7.77. The van der Waals surface area contributed by atoms with Crippen molar-refractivity contribution in [1.82, 2.24) is 15.5 Å². The third-order valence-corrected chi connectivity index (χ3v) is 4.44. The second-order valence-electron chi connectivity index (χ2n) is 6.24. The minimum absolute atomic E-state index is 0.152. The maximum atomic E-state index is 5.47. The fourth-order valence-corrected chi connectivity index (χ4v) is 2.32. The Morgan fingerprint density at radius 3 is 2.53 bits per heavy atom. The molecule has 1 rings (SSSR count). The molecule has 0 radical (unpaired) electrons. The summed E-state index contributed by atoms with van der Waals surface area (Å²) in [6.07, 6.45) is 1.37. The van der Waals surface area contributed by atoms with Crippen molar-refractivity contribution in [3.05, 3.63) is 0 Å². The van der Waals surface area contributed by atoms with E-state index in [1.165, 1.54) is 0 Å². The van der Waals surface area contributed by atoms with Crippen LogP contribution in [0.3, 0.4) is 0 Å². The van der Waals surface area contributed by atoms with Crippen LogP contribution in [0.1, 0.15) is 27.2 Å². The summed E-state index contributed by atoms with van der Waals surface area (Å²) in [6.45, 7) is 7.54. The minimum Gasteiger partial charge on any atom is -0.381 e. The number of guanidine groups is 1. The number of nitrogens with zero attached hydrogens (tertiary/aromatic N) is 2. The molecule has 0 spiro atoms. The van der Waals surface area contributed by atoms with Crippen LogP contribution in [0.4, 0.5) is 0 Å². The van der Waals surface area contributed by atoms with Crippen LogP contribution in [0.2, 0.25) is 0 Å². The largest absolute Gasteiger partial charge is 0.381 e. The van der Waals surface area contributed by atoms with Gasteiger partial charge in [0.25, 0.3) is 0 Å². The SMILES string of the molecule is CN=C(NCC(C)N(C)C)NC1CC(OC)C1(C)C. The maximum absolute atomic E-state index is 5.47. The lowest BCUT2D eigenvalue weighted by Gasteiger charge is -2.51. The van der Waals surface area contributed by atoms with Crippen LogP contribution in [0.25, 0.3) is 0 Å². The van der Waals surface area contributed by atoms with Gasteiger partial charge in [-0.15, -0.1) is 0 Å². The van der Waals surface area contributed by atoms with Crippen LogP contribution in [-0.2, 0) is 4.74 Å². The number of rotatable bonds is 5. The Labute approximate surface area is 117 Å². The van der Waals surface area contributed by atoms with Gasteiger partial charge in [0.2, 0.25) is 0 Å². The monoisotopic (exact) mass is 270 g/mol. The average Bonchev–Trinajstić information content (AvgIpc) is 2.36. The molecule has 0 aliphatic heterocycles. The summed E-state index contributed by atoms with van der Waals surface area (Å²) >= 11 is 0. The van der Waals surface area contributed by atoms with Crippen molar-refractivity contribution in [3.8, 4) is 0 Å². The van der Waals surface area contributed by atoms with E-state index >= 15 is 0 Å². The summed E-state index contributed by atoms with van der Waals surface area (Å²) in [5, 5.41) is 6.87. The average molecular weight is 270 g/mol. The Kier molecular flexibility index (Phi) is 5.62. The zero-order valence-electron chi connectivity index (χ0n) is 13.4. The standard InChI is InChI=1S/C14H30N4O/c1-10(18(5)6)9-16-13(15-4)17-11-8-12(19-7)14(11,2)3/h10-12H,8-9H2,1-7H3,(H2,15,16,17). The number of hydrogen-bond acceptors (Lipinski definition) is 3. The van der Waals surface area contributed by atoms with Crippen molar-refractivity contribution < 1.29 is 4.74 Å². The van der Waals surface area contributed by atoms with Gasteiger partial charge in [-0.1, -0.05) is 13.8 Å². The highest BCUT2D eigenvalue weighted by molar-refractivity contribution is 5.80. The van der Waals surface area contributed by atoms with Crippen LogP contribution < -0.4 is 10.6 Å². The summed E-state index contributed by atoms with van der Waals surface area (Å²) < 4.78 is 5.47. The van der Waals surface area contributed by atoms with Gasteiger partial charge in [-0.25, -0.2) is 0 Å². The lowest BCUT2D eigenvalue weighted by molar-refractivity contribution is -0.0922. The lowest BCUT2D eigenvalue weighted by Crippen LogP contribution is -2.63. The molecule has 0 amide bonds. The van der Waals surface area contributed by atoms with Gasteiger partial charge >= 0.3 is 0 Å². The van der Waals surface area contributed by atoms with Crippen molar-refractivity contribution in [2.24, 2.45) is 10.4 Å². The lowest BCUT2D eigenvalue weighted by atomic mass is 9.64. The van der Waals surface area contributed by atoms with Gasteiger partial charge in [-0.3, -0.25) is 4.99 Å². The number of nitrogens with one attached hydrogen (secondary N) is 2. The second-order valence-corrected chi connectivity index (χ2v) is 6.24. The molecule has 3 unspecified atom stereocenters. The topological polar surface area (TPSA) is 48.9 Å². The Balaban J connectivity index is 2.43. The minimum atomic E-state index is 0.152. The molecule has 5 nitrogen and oxygen atoms in total. The molecule has 5 heteroatoms. The Bertz CT molecular complexity index is 315. The van der Waals surface area contributed by atoms with Crippen LogP contribution in [0.5, 0.6) is 0 Å². The van der Waals surface area contributed by atoms with Gasteiger partial charge in [0.1, 0.15) is 0 Å². The van der Waals surface area contributed by atoms with Crippen molar-refractivity contribution in [2.75, 3.05) is 34.8 Å². The molecule has 0 heterocycles. The van der Waals surface area contributed by atoms with Gasteiger partial charge in [-0.05, 0) is 27.4 Å². The molecule has 0 saturated heterocycles. The number of hydrogen-bond donors (Lipinski definition) is 2. The Hall–Kier alpha value is -0.810. The molecule has 0 aromatic rings. The van der Waals surface area contributed by atoms with Gasteiger partial charge in [0.15, 0.2) is 5.96 Å². The molecular weight excluding hydrogens is 240 g/mol. The third kappa shape index (κ3) is 3.83. The Morgan fingerprint density at radius 2 is 2.11 bits per heavy atom. The molecular formula is C14H30N4O. The summed E-state index contributed by atoms with van der Waals surface area (Å²) in [4.78, 5) is 6.48. The van der Waals surface area contributed by atoms with E-state index in [2.05, 4.69) is 55.4 Å². The molecule has 1 saturated carbocycles. The van der Waals surface area contributed by atoms with E-state index < -0.39 is 0 Å². The van der Waals surface area contributed by atoms with Gasteiger partial charge in [0.05, 0.1) is 6.10 Å². The van der Waals surface area contributed by atoms with E-state index in [9.17, 15) is 0 Å². The van der Waals surface area contributed by atoms with Crippen LogP contribution in [0, 0.1) is 5.41 Å². The number of ether oxygens (including phenoxy) is 1. The first-order valence-electron chi connectivity index (χ1n) is 6.99. The second kappa shape index (κ2) is 6.57. The van der Waals surface area contributed by atoms with E-state index in [4.69, 9.17) is 4.74 Å². The molecule has 1 aliphatic rings. The van der Waals surface area contributed by atoms with Crippen molar-refractivity contribution >= 4 is 5.96 Å². The molecule has 1 aliphatic carbocycles. The fraction of sp³-hybridized carbons (Fsp3) is 0.929. The summed E-state index contributed by atoms with van der Waals surface area (Å²) in [5.41, 5.74) is 0.152. The molecule has 0 aromatic carbocycles. The van der Waals surface area contributed by atoms with E-state index in [0.29, 0.717) is 18.2 Å². The highest BCUT2D eigenvalue weighted by atomic mass is 16.5. The number of methoxy groups -OCH3 is 1. The predicted molar refractivity (Wildman–Crippen MR) is 80.6 cm³/mol. The Morgan fingerprint density at radius 1 is 1.47 bits per heavy atom. The smallest absolute Gasteiger partial charge is 0.191 e. The molecule has 1 fully saturated rings. The molecule has 3 atom stereocenters. The van der Waals surface area contributed by atoms with Crippen LogP contribution in [0.15, 0.2) is 4.99 Å². The van der Waals surface area contributed by atoms with E-state index in [0.717, 1.165) is 18.9 Å². The zero-order chi connectivity index (χ0) is 14.6. The van der Waals surface area contributed by atoms with E-state index in [1.807, 2.05) is 7.05 Å². The quantitative estimate of drug-likeness (QED) is 0.576. The third-order valence-electron chi connectivity index (χ3n) is 4.44. The van der Waals surface area contributed by atoms with Gasteiger partial charge in [-0.2, -0.15) is 0 Å². The van der Waals surface area contributed by atoms with Crippen molar-refractivity contribution in [3.63, 3.8) is 0 Å². The van der Waals surface area contributed by atoms with E-state index in [-0.39, 0.29) is 5.41 Å². The van der Waals surface area contributed by atoms with Crippen LogP contribution in [-0.4, -0.2) is 63.8 Å². The first-order chi connectivity index (χ1) is 8.82. The zero-order valence-corrected chi connectivity index (χ0v) is 13.4. The highest BCUT2D eigenvalue weighted by Gasteiger charge is 2.48. The van der Waals surface area contributed by atoms with Crippen molar-refractivity contribution in [2.45, 2.75) is 45.4 Å². The molecule has 2 N–H and O–H groups in total. The molecule has 0 bridgehead atoms. The van der Waals surface area contributed by atoms with Crippen molar-refractivity contribution in [1.29, 1.82) is 0 Å². The normalized spacial score (nSPS) is 27.9. The summed E-state index contributed by atoms with van der Waals surface area (Å²) in [6, 6.07) is 0.887. The highest BCUT2D eigenvalue weighted by Crippen LogP contribution is 2.42. The molecule has 112 valence electrons. The van der Waals surface area contributed by atoms with Gasteiger partial charge < -0.3 is 20.3 Å². The summed E-state index contributed by atoms with van der Waals surface area (Å²) in [5.74, 6) is 0.876. The van der Waals surface area contributed by atoms with Crippen LogP contribution >= 0.6 is 0 Å². The molecule has 19 heavy (non-hydrogen) atoms. The number of likely N-dealkylation sites (N-methyl/N-ethyl adjacent to an activating group) is 1.